The molecule has 13 heavy (non-hydrogen) atoms. The van der Waals surface area contributed by atoms with Crippen LogP contribution in [0.25, 0.3) is 0 Å². The Morgan fingerprint density at radius 2 is 2.31 bits per heavy atom. The highest BCUT2D eigenvalue weighted by Crippen LogP contribution is 2.15. The largest absolute Gasteiger partial charge is 0.369 e. The Morgan fingerprint density at radius 3 is 2.77 bits per heavy atom. The third-order valence-electron chi connectivity index (χ3n) is 1.84. The van der Waals surface area contributed by atoms with E-state index in [0.717, 1.165) is 5.69 Å². The number of methoxy groups -OCH3 is 1. The van der Waals surface area contributed by atoms with Gasteiger partial charge in [-0.05, 0) is 25.3 Å². The molecule has 1 rings (SSSR count). The number of carbonyl (C=O) groups is 1. The molecule has 0 spiro atoms. The minimum absolute atomic E-state index is 0.131. The van der Waals surface area contributed by atoms with Gasteiger partial charge < -0.3 is 10.1 Å². The van der Waals surface area contributed by atoms with E-state index in [4.69, 9.17) is 4.74 Å². The highest BCUT2D eigenvalue weighted by atomic mass is 32.1. The average molecular weight is 199 g/mol. The normalized spacial score (nSPS) is 11.3. The first-order valence-electron chi connectivity index (χ1n) is 3.95. The van der Waals surface area contributed by atoms with Crippen LogP contribution in [0.15, 0.2) is 16.8 Å². The summed E-state index contributed by atoms with van der Waals surface area (Å²) < 4.78 is 5.04. The fraction of sp³-hybridized carbons (Fsp3) is 0.444. The maximum atomic E-state index is 11.5. The Balaban J connectivity index is 2.61. The van der Waals surface area contributed by atoms with E-state index in [1.165, 1.54) is 7.11 Å². The van der Waals surface area contributed by atoms with Crippen LogP contribution in [0.5, 0.6) is 0 Å². The van der Waals surface area contributed by atoms with E-state index in [1.54, 1.807) is 25.2 Å². The van der Waals surface area contributed by atoms with Crippen molar-refractivity contribution in [2.24, 2.45) is 0 Å². The second-order valence-corrected chi connectivity index (χ2v) is 3.96. The average Bonchev–Trinajstić information content (AvgIpc) is 2.57. The van der Waals surface area contributed by atoms with Crippen LogP contribution in [0.3, 0.4) is 0 Å². The van der Waals surface area contributed by atoms with Gasteiger partial charge in [0.25, 0.3) is 5.91 Å². The maximum absolute atomic E-state index is 11.5. The van der Waals surface area contributed by atoms with Gasteiger partial charge in [-0.25, -0.2) is 0 Å². The number of hydrogen-bond acceptors (Lipinski definition) is 3. The summed E-state index contributed by atoms with van der Waals surface area (Å²) in [6.07, 6.45) is 0. The minimum atomic E-state index is -0.776. The van der Waals surface area contributed by atoms with Crippen molar-refractivity contribution in [3.63, 3.8) is 0 Å². The first kappa shape index (κ1) is 10.2. The van der Waals surface area contributed by atoms with Crippen molar-refractivity contribution in [1.29, 1.82) is 0 Å². The van der Waals surface area contributed by atoms with E-state index >= 15 is 0 Å². The first-order chi connectivity index (χ1) is 6.06. The molecule has 0 saturated heterocycles. The van der Waals surface area contributed by atoms with Gasteiger partial charge in [-0.1, -0.05) is 0 Å². The van der Waals surface area contributed by atoms with Crippen molar-refractivity contribution in [3.05, 3.63) is 16.8 Å². The van der Waals surface area contributed by atoms with Crippen molar-refractivity contribution >= 4 is 22.9 Å². The lowest BCUT2D eigenvalue weighted by atomic mass is 10.1. The first-order valence-corrected chi connectivity index (χ1v) is 4.89. The molecule has 0 aliphatic rings. The van der Waals surface area contributed by atoms with Crippen LogP contribution < -0.4 is 5.32 Å². The summed E-state index contributed by atoms with van der Waals surface area (Å²) in [7, 11) is 1.52. The monoisotopic (exact) mass is 199 g/mol. The number of carbonyl (C=O) groups excluding carboxylic acids is 1. The molecule has 0 atom stereocenters. The fourth-order valence-corrected chi connectivity index (χ4v) is 1.30. The molecule has 0 bridgehead atoms. The Kier molecular flexibility index (Phi) is 3.06. The van der Waals surface area contributed by atoms with E-state index in [9.17, 15) is 4.79 Å². The third-order valence-corrected chi connectivity index (χ3v) is 2.52. The van der Waals surface area contributed by atoms with Crippen LogP contribution in [0.1, 0.15) is 13.8 Å². The van der Waals surface area contributed by atoms with Crippen molar-refractivity contribution < 1.29 is 9.53 Å². The van der Waals surface area contributed by atoms with Gasteiger partial charge in [-0.2, -0.15) is 11.3 Å². The van der Waals surface area contributed by atoms with Gasteiger partial charge in [0.05, 0.1) is 5.69 Å². The lowest BCUT2D eigenvalue weighted by molar-refractivity contribution is -0.133. The molecule has 3 nitrogen and oxygen atoms in total. The summed E-state index contributed by atoms with van der Waals surface area (Å²) in [6.45, 7) is 3.46. The van der Waals surface area contributed by atoms with Gasteiger partial charge in [-0.3, -0.25) is 4.79 Å². The van der Waals surface area contributed by atoms with Gasteiger partial charge in [0, 0.05) is 12.5 Å². The van der Waals surface area contributed by atoms with Gasteiger partial charge in [0.2, 0.25) is 0 Å². The quantitative estimate of drug-likeness (QED) is 0.809. The summed E-state index contributed by atoms with van der Waals surface area (Å²) in [6, 6.07) is 1.86. The molecule has 0 saturated carbocycles. The number of thiophene rings is 1. The van der Waals surface area contributed by atoms with Gasteiger partial charge >= 0.3 is 0 Å². The van der Waals surface area contributed by atoms with Crippen molar-refractivity contribution in [3.8, 4) is 0 Å². The zero-order valence-electron chi connectivity index (χ0n) is 7.96. The SMILES string of the molecule is COC(C)(C)C(=O)Nc1ccsc1. The molecule has 0 radical (unpaired) electrons. The van der Waals surface area contributed by atoms with Crippen molar-refractivity contribution in [2.75, 3.05) is 12.4 Å². The highest BCUT2D eigenvalue weighted by molar-refractivity contribution is 7.08. The molecule has 0 aliphatic carbocycles. The smallest absolute Gasteiger partial charge is 0.256 e. The molecule has 0 fully saturated rings. The van der Waals surface area contributed by atoms with Crippen molar-refractivity contribution in [2.45, 2.75) is 19.4 Å². The standard InChI is InChI=1S/C9H13NO2S/c1-9(2,12-3)8(11)10-7-4-5-13-6-7/h4-6H,1-3H3,(H,10,11). The number of rotatable bonds is 3. The molecular weight excluding hydrogens is 186 g/mol. The number of hydrogen-bond donors (Lipinski definition) is 1. The van der Waals surface area contributed by atoms with Crippen LogP contribution in [-0.4, -0.2) is 18.6 Å². The van der Waals surface area contributed by atoms with Crippen LogP contribution >= 0.6 is 11.3 Å². The van der Waals surface area contributed by atoms with E-state index in [1.807, 2.05) is 16.8 Å². The van der Waals surface area contributed by atoms with Crippen LogP contribution in [0, 0.1) is 0 Å². The number of ether oxygens (including phenoxy) is 1. The van der Waals surface area contributed by atoms with E-state index < -0.39 is 5.60 Å². The number of anilines is 1. The molecular formula is C9H13NO2S. The lowest BCUT2D eigenvalue weighted by Crippen LogP contribution is -2.38. The Morgan fingerprint density at radius 1 is 1.62 bits per heavy atom. The molecule has 72 valence electrons. The summed E-state index contributed by atoms with van der Waals surface area (Å²) in [5, 5.41) is 6.55. The lowest BCUT2D eigenvalue weighted by Gasteiger charge is -2.21. The fourth-order valence-electron chi connectivity index (χ4n) is 0.710. The summed E-state index contributed by atoms with van der Waals surface area (Å²) in [4.78, 5) is 11.5. The predicted molar refractivity (Wildman–Crippen MR) is 54.0 cm³/mol. The Labute approximate surface area is 81.7 Å². The summed E-state index contributed by atoms with van der Waals surface area (Å²) >= 11 is 1.54. The second kappa shape index (κ2) is 3.89. The van der Waals surface area contributed by atoms with Gasteiger partial charge in [0.1, 0.15) is 5.60 Å². The van der Waals surface area contributed by atoms with Crippen molar-refractivity contribution in [1.82, 2.24) is 0 Å². The van der Waals surface area contributed by atoms with Crippen LogP contribution in [0.2, 0.25) is 0 Å². The number of nitrogens with one attached hydrogen (secondary N) is 1. The zero-order valence-corrected chi connectivity index (χ0v) is 8.77. The topological polar surface area (TPSA) is 38.3 Å². The minimum Gasteiger partial charge on any atom is -0.369 e. The highest BCUT2D eigenvalue weighted by Gasteiger charge is 2.26. The van der Waals surface area contributed by atoms with E-state index in [0.29, 0.717) is 0 Å². The number of amides is 1. The van der Waals surface area contributed by atoms with Crippen LogP contribution in [-0.2, 0) is 9.53 Å². The predicted octanol–water partition coefficient (Wildman–Crippen LogP) is 2.11. The molecule has 0 aliphatic heterocycles. The molecule has 1 amide bonds. The molecule has 1 N–H and O–H groups in total. The van der Waals surface area contributed by atoms with Crippen LogP contribution in [0.4, 0.5) is 5.69 Å². The zero-order chi connectivity index (χ0) is 9.90. The second-order valence-electron chi connectivity index (χ2n) is 3.18. The molecule has 0 aromatic carbocycles. The molecule has 4 heteroatoms. The molecule has 1 aromatic rings. The van der Waals surface area contributed by atoms with Gasteiger partial charge in [0.15, 0.2) is 0 Å². The Bertz CT molecular complexity index is 280. The summed E-state index contributed by atoms with van der Waals surface area (Å²) in [5.41, 5.74) is 0.0437. The maximum Gasteiger partial charge on any atom is 0.256 e. The van der Waals surface area contributed by atoms with E-state index in [2.05, 4.69) is 5.32 Å². The summed E-state index contributed by atoms with van der Waals surface area (Å²) in [5.74, 6) is -0.131. The Hall–Kier alpha value is -0.870. The molecule has 0 unspecified atom stereocenters. The van der Waals surface area contributed by atoms with E-state index in [-0.39, 0.29) is 5.91 Å². The third kappa shape index (κ3) is 2.54. The molecule has 1 heterocycles. The molecule has 1 aromatic heterocycles. The van der Waals surface area contributed by atoms with Gasteiger partial charge in [-0.15, -0.1) is 0 Å².